The summed E-state index contributed by atoms with van der Waals surface area (Å²) >= 11 is 0. The highest BCUT2D eigenvalue weighted by molar-refractivity contribution is 5.98. The SMILES string of the molecule is CCc1ccc(C(=O)NCCN(CC)CC)cc1-c1ccc(CC(NC(=O)C2CCC(CN)CC2)C(=O)Nc2ccc(-c3nn[nH]n3)cc2)cc1. The molecule has 12 heteroatoms. The zero-order valence-corrected chi connectivity index (χ0v) is 30.0. The van der Waals surface area contributed by atoms with Gasteiger partial charge in [-0.05, 0) is 122 Å². The Kier molecular flexibility index (Phi) is 13.4. The van der Waals surface area contributed by atoms with E-state index in [0.29, 0.717) is 42.5 Å². The van der Waals surface area contributed by atoms with Crippen LogP contribution in [0.25, 0.3) is 22.5 Å². The number of likely N-dealkylation sites (N-methyl/N-ethyl adjacent to an activating group) is 1. The van der Waals surface area contributed by atoms with Crippen molar-refractivity contribution in [2.24, 2.45) is 17.6 Å². The topological polar surface area (TPSA) is 171 Å². The van der Waals surface area contributed by atoms with Crippen molar-refractivity contribution in [3.05, 3.63) is 83.4 Å². The fourth-order valence-corrected chi connectivity index (χ4v) is 6.70. The van der Waals surface area contributed by atoms with Gasteiger partial charge in [0.15, 0.2) is 0 Å². The van der Waals surface area contributed by atoms with E-state index in [0.717, 1.165) is 79.6 Å². The van der Waals surface area contributed by atoms with Crippen LogP contribution in [0.3, 0.4) is 0 Å². The maximum Gasteiger partial charge on any atom is 0.251 e. The predicted molar refractivity (Wildman–Crippen MR) is 200 cm³/mol. The van der Waals surface area contributed by atoms with Crippen molar-refractivity contribution in [3.8, 4) is 22.5 Å². The Morgan fingerprint density at radius 2 is 1.63 bits per heavy atom. The van der Waals surface area contributed by atoms with Crippen molar-refractivity contribution in [3.63, 3.8) is 0 Å². The van der Waals surface area contributed by atoms with E-state index in [9.17, 15) is 14.4 Å². The smallest absolute Gasteiger partial charge is 0.251 e. The molecule has 0 radical (unpaired) electrons. The molecule has 1 aromatic heterocycles. The number of rotatable bonds is 16. The molecule has 270 valence electrons. The van der Waals surface area contributed by atoms with Gasteiger partial charge < -0.3 is 26.6 Å². The fourth-order valence-electron chi connectivity index (χ4n) is 6.70. The number of carbonyl (C=O) groups is 3. The number of aromatic nitrogens is 4. The molecule has 0 aliphatic heterocycles. The Balaban J connectivity index is 1.30. The van der Waals surface area contributed by atoms with Gasteiger partial charge in [0.25, 0.3) is 5.91 Å². The van der Waals surface area contributed by atoms with Crippen molar-refractivity contribution in [1.82, 2.24) is 36.2 Å². The summed E-state index contributed by atoms with van der Waals surface area (Å²) in [5, 5.41) is 23.1. The van der Waals surface area contributed by atoms with Gasteiger partial charge in [-0.3, -0.25) is 14.4 Å². The lowest BCUT2D eigenvalue weighted by molar-refractivity contribution is -0.130. The fraction of sp³-hybridized carbons (Fsp3) is 0.436. The summed E-state index contributed by atoms with van der Waals surface area (Å²) in [7, 11) is 0. The monoisotopic (exact) mass is 693 g/mol. The number of hydrogen-bond acceptors (Lipinski definition) is 8. The molecule has 3 aromatic carbocycles. The number of nitrogens with one attached hydrogen (secondary N) is 4. The summed E-state index contributed by atoms with van der Waals surface area (Å²) < 4.78 is 0. The van der Waals surface area contributed by atoms with E-state index < -0.39 is 6.04 Å². The molecule has 1 aliphatic rings. The molecule has 1 atom stereocenters. The van der Waals surface area contributed by atoms with Gasteiger partial charge in [0, 0.05) is 42.2 Å². The molecule has 1 fully saturated rings. The van der Waals surface area contributed by atoms with E-state index in [1.165, 1.54) is 0 Å². The largest absolute Gasteiger partial charge is 0.351 e. The van der Waals surface area contributed by atoms with Gasteiger partial charge in [0.2, 0.25) is 17.6 Å². The van der Waals surface area contributed by atoms with Crippen LogP contribution in [0.15, 0.2) is 66.7 Å². The number of hydrogen-bond donors (Lipinski definition) is 5. The first-order chi connectivity index (χ1) is 24.8. The van der Waals surface area contributed by atoms with Crippen molar-refractivity contribution < 1.29 is 14.4 Å². The zero-order valence-electron chi connectivity index (χ0n) is 30.0. The molecule has 5 rings (SSSR count). The average Bonchev–Trinajstić information content (AvgIpc) is 3.72. The molecule has 0 saturated heterocycles. The third-order valence-corrected chi connectivity index (χ3v) is 10.0. The highest BCUT2D eigenvalue weighted by Crippen LogP contribution is 2.29. The molecule has 1 unspecified atom stereocenters. The van der Waals surface area contributed by atoms with Crippen LogP contribution < -0.4 is 21.7 Å². The molecule has 1 aliphatic carbocycles. The third-order valence-electron chi connectivity index (χ3n) is 10.0. The Labute approximate surface area is 300 Å². The van der Waals surface area contributed by atoms with E-state index in [1.54, 1.807) is 24.3 Å². The second kappa shape index (κ2) is 18.3. The van der Waals surface area contributed by atoms with Crippen LogP contribution in [0.4, 0.5) is 5.69 Å². The molecule has 3 amide bonds. The number of nitrogens with two attached hydrogens (primary N) is 1. The molecule has 4 aromatic rings. The minimum atomic E-state index is -0.790. The normalized spacial score (nSPS) is 16.4. The second-order valence-corrected chi connectivity index (χ2v) is 13.2. The molecule has 1 saturated carbocycles. The maximum atomic E-state index is 13.7. The van der Waals surface area contributed by atoms with Crippen molar-refractivity contribution in [1.29, 1.82) is 0 Å². The number of carbonyl (C=O) groups excluding carboxylic acids is 3. The van der Waals surface area contributed by atoms with Crippen LogP contribution in [-0.2, 0) is 22.4 Å². The summed E-state index contributed by atoms with van der Waals surface area (Å²) in [6, 6.07) is 20.3. The second-order valence-electron chi connectivity index (χ2n) is 13.2. The van der Waals surface area contributed by atoms with Gasteiger partial charge in [0.1, 0.15) is 6.04 Å². The molecule has 12 nitrogen and oxygen atoms in total. The quantitative estimate of drug-likeness (QED) is 0.113. The van der Waals surface area contributed by atoms with Crippen LogP contribution in [0, 0.1) is 11.8 Å². The maximum absolute atomic E-state index is 13.7. The van der Waals surface area contributed by atoms with Gasteiger partial charge in [0.05, 0.1) is 0 Å². The highest BCUT2D eigenvalue weighted by atomic mass is 16.2. The number of benzene rings is 3. The number of nitrogens with zero attached hydrogens (tertiary/aromatic N) is 4. The van der Waals surface area contributed by atoms with Crippen LogP contribution >= 0.6 is 0 Å². The standard InChI is InChI=1S/C39H51N9O3/c1-4-28-15-16-32(37(49)41-21-22-48(5-2)6-3)24-34(28)29-11-7-26(8-12-29)23-35(43-38(50)31-13-9-27(25-40)10-14-31)39(51)42-33-19-17-30(18-20-33)36-44-46-47-45-36/h7-8,11-12,15-20,24,27,31,35H,4-6,9-10,13-14,21-23,25,40H2,1-3H3,(H,41,49)(H,42,51)(H,43,50)(H,44,45,46,47). The first-order valence-electron chi connectivity index (χ1n) is 18.2. The first-order valence-corrected chi connectivity index (χ1v) is 18.2. The average molecular weight is 694 g/mol. The number of aromatic amines is 1. The van der Waals surface area contributed by atoms with Crippen LogP contribution in [0.5, 0.6) is 0 Å². The Hall–Kier alpha value is -4.94. The van der Waals surface area contributed by atoms with Crippen LogP contribution in [-0.4, -0.2) is 82.0 Å². The van der Waals surface area contributed by atoms with Gasteiger partial charge in [-0.15, -0.1) is 10.2 Å². The lowest BCUT2D eigenvalue weighted by Gasteiger charge is -2.28. The lowest BCUT2D eigenvalue weighted by Crippen LogP contribution is -2.48. The molecule has 0 spiro atoms. The van der Waals surface area contributed by atoms with Crippen LogP contribution in [0.1, 0.15) is 67.9 Å². The molecule has 6 N–H and O–H groups in total. The van der Waals surface area contributed by atoms with E-state index in [-0.39, 0.29) is 23.6 Å². The minimum Gasteiger partial charge on any atom is -0.351 e. The molecular formula is C39H51N9O3. The number of H-pyrrole nitrogens is 1. The van der Waals surface area contributed by atoms with E-state index >= 15 is 0 Å². The Morgan fingerprint density at radius 1 is 0.922 bits per heavy atom. The number of aryl methyl sites for hydroxylation is 1. The van der Waals surface area contributed by atoms with Crippen molar-refractivity contribution >= 4 is 23.4 Å². The Morgan fingerprint density at radius 3 is 2.25 bits per heavy atom. The summed E-state index contributed by atoms with van der Waals surface area (Å²) in [6.45, 7) is 10.3. The van der Waals surface area contributed by atoms with Gasteiger partial charge in [-0.25, -0.2) is 0 Å². The predicted octanol–water partition coefficient (Wildman–Crippen LogP) is 4.60. The summed E-state index contributed by atoms with van der Waals surface area (Å²) in [5.41, 5.74) is 11.9. The molecule has 1 heterocycles. The minimum absolute atomic E-state index is 0.0896. The van der Waals surface area contributed by atoms with Gasteiger partial charge in [-0.1, -0.05) is 51.1 Å². The van der Waals surface area contributed by atoms with Crippen molar-refractivity contribution in [2.75, 3.05) is 38.0 Å². The number of tetrazole rings is 1. The van der Waals surface area contributed by atoms with Gasteiger partial charge in [-0.2, -0.15) is 5.21 Å². The number of anilines is 1. The van der Waals surface area contributed by atoms with Crippen molar-refractivity contribution in [2.45, 2.75) is 65.3 Å². The van der Waals surface area contributed by atoms with Crippen LogP contribution in [0.2, 0.25) is 0 Å². The molecular weight excluding hydrogens is 642 g/mol. The zero-order chi connectivity index (χ0) is 36.2. The lowest BCUT2D eigenvalue weighted by atomic mass is 9.81. The van der Waals surface area contributed by atoms with E-state index in [1.807, 2.05) is 42.5 Å². The van der Waals surface area contributed by atoms with E-state index in [2.05, 4.69) is 62.2 Å². The molecule has 0 bridgehead atoms. The first kappa shape index (κ1) is 37.3. The van der Waals surface area contributed by atoms with E-state index in [4.69, 9.17) is 5.73 Å². The number of amides is 3. The summed E-state index contributed by atoms with van der Waals surface area (Å²) in [5.74, 6) is 0.264. The summed E-state index contributed by atoms with van der Waals surface area (Å²) in [6.07, 6.45) is 4.49. The molecule has 51 heavy (non-hydrogen) atoms. The Bertz CT molecular complexity index is 1710. The van der Waals surface area contributed by atoms with Gasteiger partial charge >= 0.3 is 0 Å². The highest BCUT2D eigenvalue weighted by Gasteiger charge is 2.29. The summed E-state index contributed by atoms with van der Waals surface area (Å²) in [4.78, 5) is 42.5. The third kappa shape index (κ3) is 10.1.